The van der Waals surface area contributed by atoms with E-state index in [2.05, 4.69) is 10.1 Å². The number of carbonyl (C=O) groups is 2. The Bertz CT molecular complexity index is 1550. The number of carbonyl (C=O) groups excluding carboxylic acids is 2. The Morgan fingerprint density at radius 3 is 2.18 bits per heavy atom. The zero-order valence-corrected chi connectivity index (χ0v) is 22.6. The van der Waals surface area contributed by atoms with Crippen LogP contribution in [0.25, 0.3) is 16.6 Å². The average molecular weight is 530 g/mol. The van der Waals surface area contributed by atoms with E-state index in [0.717, 1.165) is 16.8 Å². The Balaban J connectivity index is 1.78. The van der Waals surface area contributed by atoms with Gasteiger partial charge in [0.15, 0.2) is 11.0 Å². The smallest absolute Gasteiger partial charge is 0.348 e. The number of aryl methyl sites for hydroxylation is 1. The standard InChI is InChI=1S/C29H28ClN5O3/c1-19-11-9-10-14-22(19)26(36)20-15-16-25-23(17-20)24(18-35(25)21-12-7-6-8-13-21)27(30)32-38-29(37)31-28(33(2)3)34(4)5/h6-18H,1-5H3/b32-27-. The maximum absolute atomic E-state index is 13.3. The molecule has 8 nitrogen and oxygen atoms in total. The first-order chi connectivity index (χ1) is 18.2. The second kappa shape index (κ2) is 11.3. The summed E-state index contributed by atoms with van der Waals surface area (Å²) >= 11 is 6.57. The lowest BCUT2D eigenvalue weighted by Gasteiger charge is -2.21. The van der Waals surface area contributed by atoms with Gasteiger partial charge in [0, 0.05) is 62.2 Å². The number of fused-ring (bicyclic) bond motifs is 1. The summed E-state index contributed by atoms with van der Waals surface area (Å²) in [6, 6.07) is 22.6. The number of benzene rings is 3. The van der Waals surface area contributed by atoms with Gasteiger partial charge in [0.25, 0.3) is 0 Å². The Morgan fingerprint density at radius 2 is 1.53 bits per heavy atom. The van der Waals surface area contributed by atoms with Crippen LogP contribution in [0.5, 0.6) is 0 Å². The zero-order chi connectivity index (χ0) is 27.4. The van der Waals surface area contributed by atoms with E-state index in [9.17, 15) is 9.59 Å². The molecule has 0 bridgehead atoms. The predicted octanol–water partition coefficient (Wildman–Crippen LogP) is 5.69. The van der Waals surface area contributed by atoms with Gasteiger partial charge < -0.3 is 14.4 Å². The number of ketones is 1. The van der Waals surface area contributed by atoms with Crippen molar-refractivity contribution in [3.63, 3.8) is 0 Å². The van der Waals surface area contributed by atoms with Crippen molar-refractivity contribution in [3.8, 4) is 5.69 Å². The third kappa shape index (κ3) is 5.60. The summed E-state index contributed by atoms with van der Waals surface area (Å²) in [5, 5.41) is 4.49. The maximum atomic E-state index is 13.3. The van der Waals surface area contributed by atoms with E-state index >= 15 is 0 Å². The molecule has 1 heterocycles. The number of para-hydroxylation sites is 1. The first kappa shape index (κ1) is 26.6. The largest absolute Gasteiger partial charge is 0.463 e. The van der Waals surface area contributed by atoms with Gasteiger partial charge in [0.2, 0.25) is 5.96 Å². The van der Waals surface area contributed by atoms with Crippen molar-refractivity contribution in [2.24, 2.45) is 10.1 Å². The Labute approximate surface area is 226 Å². The predicted molar refractivity (Wildman–Crippen MR) is 152 cm³/mol. The molecule has 4 aromatic rings. The number of oxime groups is 1. The van der Waals surface area contributed by atoms with Crippen LogP contribution in [0.4, 0.5) is 4.79 Å². The van der Waals surface area contributed by atoms with Gasteiger partial charge in [-0.05, 0) is 42.8 Å². The highest BCUT2D eigenvalue weighted by Gasteiger charge is 2.19. The molecule has 0 N–H and O–H groups in total. The van der Waals surface area contributed by atoms with Crippen molar-refractivity contribution in [2.45, 2.75) is 6.92 Å². The minimum absolute atomic E-state index is 0.0509. The molecule has 0 aliphatic rings. The highest BCUT2D eigenvalue weighted by molar-refractivity contribution is 6.70. The van der Waals surface area contributed by atoms with Gasteiger partial charge in [-0.2, -0.15) is 0 Å². The van der Waals surface area contributed by atoms with Crippen molar-refractivity contribution in [1.29, 1.82) is 0 Å². The fourth-order valence-corrected chi connectivity index (χ4v) is 4.34. The molecule has 38 heavy (non-hydrogen) atoms. The van der Waals surface area contributed by atoms with Gasteiger partial charge in [0.05, 0.1) is 5.52 Å². The van der Waals surface area contributed by atoms with E-state index < -0.39 is 6.09 Å². The monoisotopic (exact) mass is 529 g/mol. The molecular formula is C29H28ClN5O3. The molecule has 194 valence electrons. The van der Waals surface area contributed by atoms with Crippen LogP contribution in [0.2, 0.25) is 0 Å². The summed E-state index contributed by atoms with van der Waals surface area (Å²) in [4.78, 5) is 38.0. The van der Waals surface area contributed by atoms with Gasteiger partial charge in [-0.1, -0.05) is 59.2 Å². The minimum Gasteiger partial charge on any atom is -0.348 e. The average Bonchev–Trinajstić information content (AvgIpc) is 3.29. The van der Waals surface area contributed by atoms with Crippen LogP contribution in [0.1, 0.15) is 27.0 Å². The van der Waals surface area contributed by atoms with Crippen molar-refractivity contribution >= 4 is 45.5 Å². The van der Waals surface area contributed by atoms with Crippen molar-refractivity contribution < 1.29 is 14.4 Å². The molecule has 1 aromatic heterocycles. The minimum atomic E-state index is -0.914. The number of guanidine groups is 1. The lowest BCUT2D eigenvalue weighted by molar-refractivity contribution is 0.103. The summed E-state index contributed by atoms with van der Waals surface area (Å²) in [6.45, 7) is 1.90. The Kier molecular flexibility index (Phi) is 7.93. The van der Waals surface area contributed by atoms with E-state index in [1.807, 2.05) is 72.2 Å². The van der Waals surface area contributed by atoms with E-state index in [-0.39, 0.29) is 11.0 Å². The molecule has 0 radical (unpaired) electrons. The normalized spacial score (nSPS) is 11.3. The SMILES string of the molecule is Cc1ccccc1C(=O)c1ccc2c(c1)c(/C(Cl)=N/OC(=O)N=C(N(C)C)N(C)C)cn2-c1ccccc1. The summed E-state index contributed by atoms with van der Waals surface area (Å²) in [5.41, 5.74) is 4.23. The second-order valence-corrected chi connectivity index (χ2v) is 9.42. The highest BCUT2D eigenvalue weighted by atomic mass is 35.5. The number of aromatic nitrogens is 1. The fraction of sp³-hybridized carbons (Fsp3) is 0.172. The van der Waals surface area contributed by atoms with Gasteiger partial charge >= 0.3 is 6.09 Å². The zero-order valence-electron chi connectivity index (χ0n) is 21.8. The molecule has 0 spiro atoms. The van der Waals surface area contributed by atoms with E-state index in [4.69, 9.17) is 16.4 Å². The summed E-state index contributed by atoms with van der Waals surface area (Å²) in [7, 11) is 7.04. The van der Waals surface area contributed by atoms with E-state index in [0.29, 0.717) is 28.0 Å². The van der Waals surface area contributed by atoms with Gasteiger partial charge in [0.1, 0.15) is 0 Å². The van der Waals surface area contributed by atoms with Gasteiger partial charge in [-0.25, -0.2) is 4.79 Å². The van der Waals surface area contributed by atoms with E-state index in [1.165, 1.54) is 0 Å². The van der Waals surface area contributed by atoms with Crippen LogP contribution in [-0.4, -0.2) is 65.6 Å². The molecule has 0 aliphatic carbocycles. The Hall–Kier alpha value is -4.43. The van der Waals surface area contributed by atoms with Crippen LogP contribution < -0.4 is 0 Å². The number of rotatable bonds is 5. The lowest BCUT2D eigenvalue weighted by atomic mass is 9.98. The second-order valence-electron chi connectivity index (χ2n) is 9.06. The molecule has 0 aliphatic heterocycles. The quantitative estimate of drug-likeness (QED) is 0.109. The molecule has 0 saturated carbocycles. The maximum Gasteiger partial charge on any atom is 0.463 e. The molecule has 0 unspecified atom stereocenters. The number of hydrogen-bond donors (Lipinski definition) is 0. The number of aliphatic imine (C=N–C) groups is 1. The van der Waals surface area contributed by atoms with Crippen LogP contribution in [0.3, 0.4) is 0 Å². The van der Waals surface area contributed by atoms with Crippen molar-refractivity contribution in [3.05, 3.63) is 101 Å². The molecule has 0 fully saturated rings. The topological polar surface area (TPSA) is 79.5 Å². The van der Waals surface area contributed by atoms with Crippen molar-refractivity contribution in [2.75, 3.05) is 28.2 Å². The fourth-order valence-electron chi connectivity index (χ4n) is 4.15. The Morgan fingerprint density at radius 1 is 0.868 bits per heavy atom. The van der Waals surface area contributed by atoms with Gasteiger partial charge in [-0.15, -0.1) is 4.99 Å². The van der Waals surface area contributed by atoms with Crippen molar-refractivity contribution in [1.82, 2.24) is 14.4 Å². The number of halogens is 1. The molecule has 0 saturated heterocycles. The molecule has 4 rings (SSSR count). The summed E-state index contributed by atoms with van der Waals surface area (Å²) in [5.74, 6) is 0.290. The van der Waals surface area contributed by atoms with Crippen LogP contribution in [0.15, 0.2) is 89.1 Å². The lowest BCUT2D eigenvalue weighted by Crippen LogP contribution is -2.36. The molecule has 1 amide bonds. The molecule has 3 aromatic carbocycles. The summed E-state index contributed by atoms with van der Waals surface area (Å²) in [6.07, 6.45) is 0.888. The third-order valence-electron chi connectivity index (χ3n) is 5.91. The van der Waals surface area contributed by atoms with Gasteiger partial charge in [-0.3, -0.25) is 9.63 Å². The first-order valence-electron chi connectivity index (χ1n) is 11.9. The molecule has 0 atom stereocenters. The summed E-state index contributed by atoms with van der Waals surface area (Å²) < 4.78 is 1.95. The number of nitrogens with zero attached hydrogens (tertiary/aromatic N) is 5. The van der Waals surface area contributed by atoms with Crippen LogP contribution in [-0.2, 0) is 4.84 Å². The first-order valence-corrected chi connectivity index (χ1v) is 12.2. The molecule has 9 heteroatoms. The van der Waals surface area contributed by atoms with Crippen LogP contribution >= 0.6 is 11.6 Å². The number of hydrogen-bond acceptors (Lipinski definition) is 4. The van der Waals surface area contributed by atoms with Crippen LogP contribution in [0, 0.1) is 6.92 Å². The van der Waals surface area contributed by atoms with E-state index in [1.54, 1.807) is 56.3 Å². The highest BCUT2D eigenvalue weighted by Crippen LogP contribution is 2.29. The third-order valence-corrected chi connectivity index (χ3v) is 6.18. The number of amides is 1. The molecular weight excluding hydrogens is 502 g/mol.